The first kappa shape index (κ1) is 19.5. The first-order valence-corrected chi connectivity index (χ1v) is 10.1. The van der Waals surface area contributed by atoms with E-state index in [9.17, 15) is 5.11 Å². The molecule has 1 aromatic carbocycles. The molecular formula is C20H27N7O2. The molecule has 1 aliphatic rings. The molecule has 9 nitrogen and oxygen atoms in total. The summed E-state index contributed by atoms with van der Waals surface area (Å²) in [5.41, 5.74) is 1.84. The van der Waals surface area contributed by atoms with Crippen molar-refractivity contribution in [3.05, 3.63) is 53.9 Å². The standard InChI is InChI=1S/C20H27N7O2/c1-15-5-6-18(28)17(12-15)19(22-7-3-9-26-10-8-21-14-26)20-23-24-25-27(20)13-16-4-2-11-29-16/h5-6,8,10,12,14,16,19,22,28H,2-4,7,9,11,13H2,1H3/t16-,19?/m0/s1. The van der Waals surface area contributed by atoms with Gasteiger partial charge in [0, 0.05) is 31.1 Å². The highest BCUT2D eigenvalue weighted by Crippen LogP contribution is 2.29. The van der Waals surface area contributed by atoms with E-state index in [1.54, 1.807) is 16.9 Å². The van der Waals surface area contributed by atoms with Gasteiger partial charge in [0.15, 0.2) is 5.82 Å². The summed E-state index contributed by atoms with van der Waals surface area (Å²) >= 11 is 0. The number of hydrogen-bond donors (Lipinski definition) is 2. The van der Waals surface area contributed by atoms with Gasteiger partial charge in [0.05, 0.1) is 25.0 Å². The second kappa shape index (κ2) is 9.15. The summed E-state index contributed by atoms with van der Waals surface area (Å²) in [7, 11) is 0. The minimum atomic E-state index is -0.311. The molecule has 154 valence electrons. The SMILES string of the molecule is Cc1ccc(O)c(C(NCCCn2ccnc2)c2nnnn2C[C@@H]2CCCO2)c1. The van der Waals surface area contributed by atoms with Gasteiger partial charge in [0.1, 0.15) is 5.75 Å². The van der Waals surface area contributed by atoms with E-state index in [0.29, 0.717) is 12.4 Å². The Hall–Kier alpha value is -2.78. The first-order chi connectivity index (χ1) is 14.2. The Bertz CT molecular complexity index is 903. The molecule has 29 heavy (non-hydrogen) atoms. The van der Waals surface area contributed by atoms with Gasteiger partial charge in [-0.05, 0) is 49.2 Å². The Balaban J connectivity index is 1.53. The molecule has 3 aromatic rings. The van der Waals surface area contributed by atoms with E-state index in [0.717, 1.165) is 50.1 Å². The maximum Gasteiger partial charge on any atom is 0.173 e. The largest absolute Gasteiger partial charge is 0.508 e. The number of phenolic OH excluding ortho intramolecular Hbond substituents is 1. The number of tetrazole rings is 1. The average Bonchev–Trinajstić information content (AvgIpc) is 3.48. The summed E-state index contributed by atoms with van der Waals surface area (Å²) in [5.74, 6) is 0.915. The number of aromatic nitrogens is 6. The van der Waals surface area contributed by atoms with Crippen molar-refractivity contribution in [1.29, 1.82) is 0 Å². The van der Waals surface area contributed by atoms with Crippen LogP contribution in [0.15, 0.2) is 36.9 Å². The van der Waals surface area contributed by atoms with E-state index >= 15 is 0 Å². The molecule has 2 aromatic heterocycles. The summed E-state index contributed by atoms with van der Waals surface area (Å²) in [6.07, 6.45) is 8.66. The second-order valence-corrected chi connectivity index (χ2v) is 7.46. The Kier molecular flexibility index (Phi) is 6.16. The lowest BCUT2D eigenvalue weighted by atomic mass is 10.0. The van der Waals surface area contributed by atoms with Crippen molar-refractivity contribution < 1.29 is 9.84 Å². The third-order valence-electron chi connectivity index (χ3n) is 5.21. The fraction of sp³-hybridized carbons (Fsp3) is 0.500. The maximum absolute atomic E-state index is 10.5. The van der Waals surface area contributed by atoms with Crippen molar-refractivity contribution in [3.8, 4) is 5.75 Å². The van der Waals surface area contributed by atoms with Gasteiger partial charge in [0.2, 0.25) is 0 Å². The highest BCUT2D eigenvalue weighted by Gasteiger charge is 2.26. The number of imidazole rings is 1. The number of nitrogens with zero attached hydrogens (tertiary/aromatic N) is 6. The van der Waals surface area contributed by atoms with Gasteiger partial charge in [-0.25, -0.2) is 9.67 Å². The molecule has 0 radical (unpaired) electrons. The minimum absolute atomic E-state index is 0.130. The van der Waals surface area contributed by atoms with Gasteiger partial charge in [-0.3, -0.25) is 0 Å². The zero-order chi connectivity index (χ0) is 20.1. The number of aryl methyl sites for hydroxylation is 2. The molecule has 3 heterocycles. The van der Waals surface area contributed by atoms with Crippen LogP contribution in [-0.2, 0) is 17.8 Å². The Morgan fingerprint density at radius 1 is 1.38 bits per heavy atom. The Labute approximate surface area is 169 Å². The van der Waals surface area contributed by atoms with Crippen LogP contribution in [0.1, 0.15) is 42.3 Å². The van der Waals surface area contributed by atoms with Crippen LogP contribution in [0.4, 0.5) is 0 Å². The molecule has 0 amide bonds. The van der Waals surface area contributed by atoms with Gasteiger partial charge in [-0.15, -0.1) is 5.10 Å². The van der Waals surface area contributed by atoms with Gasteiger partial charge in [-0.2, -0.15) is 0 Å². The molecule has 4 rings (SSSR count). The molecular weight excluding hydrogens is 370 g/mol. The first-order valence-electron chi connectivity index (χ1n) is 10.1. The second-order valence-electron chi connectivity index (χ2n) is 7.46. The molecule has 1 aliphatic heterocycles. The number of phenols is 1. The summed E-state index contributed by atoms with van der Waals surface area (Å²) in [6, 6.07) is 5.28. The summed E-state index contributed by atoms with van der Waals surface area (Å²) in [5, 5.41) is 26.5. The molecule has 0 spiro atoms. The van der Waals surface area contributed by atoms with E-state index < -0.39 is 0 Å². The van der Waals surface area contributed by atoms with E-state index in [2.05, 4.69) is 25.8 Å². The summed E-state index contributed by atoms with van der Waals surface area (Å²) in [6.45, 7) is 5.01. The molecule has 1 saturated heterocycles. The van der Waals surface area contributed by atoms with Crippen LogP contribution < -0.4 is 5.32 Å². The van der Waals surface area contributed by atoms with Gasteiger partial charge < -0.3 is 19.7 Å². The third-order valence-corrected chi connectivity index (χ3v) is 5.21. The van der Waals surface area contributed by atoms with Crippen LogP contribution in [0.3, 0.4) is 0 Å². The molecule has 0 bridgehead atoms. The molecule has 0 aliphatic carbocycles. The van der Waals surface area contributed by atoms with E-state index in [1.165, 1.54) is 0 Å². The quantitative estimate of drug-likeness (QED) is 0.531. The molecule has 1 fully saturated rings. The number of nitrogens with one attached hydrogen (secondary N) is 1. The fourth-order valence-corrected chi connectivity index (χ4v) is 3.70. The van der Waals surface area contributed by atoms with Crippen molar-refractivity contribution in [2.24, 2.45) is 0 Å². The molecule has 9 heteroatoms. The average molecular weight is 397 g/mol. The van der Waals surface area contributed by atoms with Crippen molar-refractivity contribution in [3.63, 3.8) is 0 Å². The lowest BCUT2D eigenvalue weighted by Crippen LogP contribution is -2.29. The predicted molar refractivity (Wildman–Crippen MR) is 106 cm³/mol. The summed E-state index contributed by atoms with van der Waals surface area (Å²) in [4.78, 5) is 4.07. The summed E-state index contributed by atoms with van der Waals surface area (Å²) < 4.78 is 9.60. The van der Waals surface area contributed by atoms with Crippen molar-refractivity contribution in [2.45, 2.75) is 51.4 Å². The number of benzene rings is 1. The van der Waals surface area contributed by atoms with E-state index in [1.807, 2.05) is 36.1 Å². The van der Waals surface area contributed by atoms with Crippen LogP contribution in [0.25, 0.3) is 0 Å². The molecule has 0 saturated carbocycles. The maximum atomic E-state index is 10.5. The molecule has 1 unspecified atom stereocenters. The number of aromatic hydroxyl groups is 1. The highest BCUT2D eigenvalue weighted by atomic mass is 16.5. The zero-order valence-corrected chi connectivity index (χ0v) is 16.6. The molecule has 2 N–H and O–H groups in total. The normalized spacial score (nSPS) is 17.6. The van der Waals surface area contributed by atoms with Gasteiger partial charge >= 0.3 is 0 Å². The smallest absolute Gasteiger partial charge is 0.173 e. The Morgan fingerprint density at radius 3 is 3.10 bits per heavy atom. The van der Waals surface area contributed by atoms with E-state index in [4.69, 9.17) is 4.74 Å². The number of hydrogen-bond acceptors (Lipinski definition) is 7. The predicted octanol–water partition coefficient (Wildman–Crippen LogP) is 1.83. The Morgan fingerprint density at radius 2 is 2.31 bits per heavy atom. The van der Waals surface area contributed by atoms with Crippen LogP contribution in [0, 0.1) is 6.92 Å². The highest BCUT2D eigenvalue weighted by molar-refractivity contribution is 5.40. The van der Waals surface area contributed by atoms with Crippen molar-refractivity contribution >= 4 is 0 Å². The lowest BCUT2D eigenvalue weighted by molar-refractivity contribution is 0.0923. The fourth-order valence-electron chi connectivity index (χ4n) is 3.70. The van der Waals surface area contributed by atoms with Gasteiger partial charge in [0.25, 0.3) is 0 Å². The minimum Gasteiger partial charge on any atom is -0.508 e. The van der Waals surface area contributed by atoms with Crippen LogP contribution >= 0.6 is 0 Å². The zero-order valence-electron chi connectivity index (χ0n) is 16.6. The molecule has 2 atom stereocenters. The topological polar surface area (TPSA) is 103 Å². The lowest BCUT2D eigenvalue weighted by Gasteiger charge is -2.21. The van der Waals surface area contributed by atoms with Crippen molar-refractivity contribution in [1.82, 2.24) is 35.1 Å². The number of ether oxygens (including phenoxy) is 1. The monoisotopic (exact) mass is 397 g/mol. The van der Waals surface area contributed by atoms with E-state index in [-0.39, 0.29) is 17.9 Å². The third kappa shape index (κ3) is 4.80. The van der Waals surface area contributed by atoms with Crippen LogP contribution in [0.5, 0.6) is 5.75 Å². The van der Waals surface area contributed by atoms with Crippen molar-refractivity contribution in [2.75, 3.05) is 13.2 Å². The number of rotatable bonds is 9. The van der Waals surface area contributed by atoms with Crippen LogP contribution in [0.2, 0.25) is 0 Å². The van der Waals surface area contributed by atoms with Gasteiger partial charge in [-0.1, -0.05) is 17.7 Å². The van der Waals surface area contributed by atoms with Crippen LogP contribution in [-0.4, -0.2) is 54.1 Å².